The van der Waals surface area contributed by atoms with E-state index < -0.39 is 5.60 Å². The number of hydrogen-bond acceptors (Lipinski definition) is 4. The smallest absolute Gasteiger partial charge is 0.306 e. The van der Waals surface area contributed by atoms with Crippen LogP contribution in [0.15, 0.2) is 23.3 Å². The lowest BCUT2D eigenvalue weighted by atomic mass is 10.1. The van der Waals surface area contributed by atoms with Crippen molar-refractivity contribution in [2.45, 2.75) is 39.2 Å². The van der Waals surface area contributed by atoms with Gasteiger partial charge in [0.2, 0.25) is 0 Å². The fraction of sp³-hybridized carbons (Fsp3) is 0.500. The molecule has 1 rings (SSSR count). The van der Waals surface area contributed by atoms with Gasteiger partial charge in [0.15, 0.2) is 0 Å². The summed E-state index contributed by atoms with van der Waals surface area (Å²) in [5.74, 6) is 0.225. The Hall–Kier alpha value is -2.20. The fourth-order valence-electron chi connectivity index (χ4n) is 1.76. The van der Waals surface area contributed by atoms with Crippen LogP contribution in [0.5, 0.6) is 5.75 Å². The zero-order chi connectivity index (χ0) is 15.2. The molecule has 1 aromatic rings. The average Bonchev–Trinajstić information content (AvgIpc) is 2.35. The zero-order valence-corrected chi connectivity index (χ0v) is 12.2. The van der Waals surface area contributed by atoms with Crippen LogP contribution in [0.4, 0.5) is 5.69 Å². The van der Waals surface area contributed by atoms with E-state index in [1.807, 2.05) is 26.8 Å². The first kappa shape index (κ1) is 15.9. The number of carbonyl (C=O) groups is 1. The molecule has 0 fully saturated rings. The molecule has 0 aromatic heterocycles. The Morgan fingerprint density at radius 1 is 1.40 bits per heavy atom. The van der Waals surface area contributed by atoms with Crippen LogP contribution in [0, 0.1) is 0 Å². The molecule has 0 bridgehead atoms. The monoisotopic (exact) mass is 277 g/mol. The minimum atomic E-state index is -0.492. The maximum Gasteiger partial charge on any atom is 0.306 e. The summed E-state index contributed by atoms with van der Waals surface area (Å²) in [6, 6.07) is 5.26. The van der Waals surface area contributed by atoms with Crippen molar-refractivity contribution in [1.82, 2.24) is 0 Å². The molecule has 0 N–H and O–H groups in total. The van der Waals surface area contributed by atoms with Crippen molar-refractivity contribution in [2.75, 3.05) is 7.11 Å². The molecule has 0 atom stereocenters. The summed E-state index contributed by atoms with van der Waals surface area (Å²) >= 11 is 0. The number of hydrogen-bond donors (Lipinski definition) is 0. The van der Waals surface area contributed by atoms with Crippen LogP contribution >= 0.6 is 0 Å². The Labute approximate surface area is 118 Å². The second-order valence-corrected chi connectivity index (χ2v) is 5.25. The number of ether oxygens (including phenoxy) is 2. The maximum absolute atomic E-state index is 11.7. The van der Waals surface area contributed by atoms with E-state index in [9.17, 15) is 4.79 Å². The highest BCUT2D eigenvalue weighted by Crippen LogP contribution is 2.32. The molecule has 0 saturated heterocycles. The number of rotatable bonds is 5. The molecule has 0 aliphatic rings. The number of aryl methyl sites for hydroxylation is 1. The quantitative estimate of drug-likeness (QED) is 0.354. The summed E-state index contributed by atoms with van der Waals surface area (Å²) in [6.07, 6.45) is 0.709. The molecule has 6 nitrogen and oxygen atoms in total. The Kier molecular flexibility index (Phi) is 5.41. The summed E-state index contributed by atoms with van der Waals surface area (Å²) in [4.78, 5) is 14.4. The van der Waals surface area contributed by atoms with Gasteiger partial charge in [0.1, 0.15) is 11.4 Å². The SMILES string of the molecule is COc1c(CCC(=O)OC(C)(C)C)cccc1N=[N+]=[N-]. The number of para-hydroxylation sites is 1. The van der Waals surface area contributed by atoms with Crippen molar-refractivity contribution < 1.29 is 14.3 Å². The van der Waals surface area contributed by atoms with Gasteiger partial charge in [-0.15, -0.1) is 0 Å². The Balaban J connectivity index is 2.80. The highest BCUT2D eigenvalue weighted by Gasteiger charge is 2.17. The van der Waals surface area contributed by atoms with E-state index in [0.717, 1.165) is 5.56 Å². The second-order valence-electron chi connectivity index (χ2n) is 5.25. The minimum Gasteiger partial charge on any atom is -0.496 e. The van der Waals surface area contributed by atoms with Crippen molar-refractivity contribution in [2.24, 2.45) is 5.11 Å². The molecule has 0 aliphatic carbocycles. The molecule has 20 heavy (non-hydrogen) atoms. The topological polar surface area (TPSA) is 84.3 Å². The van der Waals surface area contributed by atoms with Gasteiger partial charge in [0.05, 0.1) is 12.8 Å². The van der Waals surface area contributed by atoms with Crippen LogP contribution < -0.4 is 4.74 Å². The Bertz CT molecular complexity index is 529. The molecule has 0 saturated carbocycles. The summed E-state index contributed by atoms with van der Waals surface area (Å²) < 4.78 is 10.5. The summed E-state index contributed by atoms with van der Waals surface area (Å²) in [6.45, 7) is 5.48. The van der Waals surface area contributed by atoms with Gasteiger partial charge in [-0.3, -0.25) is 4.79 Å². The van der Waals surface area contributed by atoms with Crippen molar-refractivity contribution in [3.63, 3.8) is 0 Å². The predicted molar refractivity (Wildman–Crippen MR) is 76.0 cm³/mol. The summed E-state index contributed by atoms with van der Waals surface area (Å²) in [7, 11) is 1.50. The molecule has 108 valence electrons. The molecule has 1 aromatic carbocycles. The van der Waals surface area contributed by atoms with Gasteiger partial charge in [0.25, 0.3) is 0 Å². The maximum atomic E-state index is 11.7. The standard InChI is InChI=1S/C14H19N3O3/c1-14(2,3)20-12(18)9-8-10-6-5-7-11(16-17-15)13(10)19-4/h5-7H,8-9H2,1-4H3. The Morgan fingerprint density at radius 2 is 2.10 bits per heavy atom. The van der Waals surface area contributed by atoms with E-state index >= 15 is 0 Å². The third-order valence-electron chi connectivity index (χ3n) is 2.45. The van der Waals surface area contributed by atoms with Crippen LogP contribution in [0.1, 0.15) is 32.8 Å². The summed E-state index contributed by atoms with van der Waals surface area (Å²) in [5, 5.41) is 3.56. The second kappa shape index (κ2) is 6.82. The highest BCUT2D eigenvalue weighted by atomic mass is 16.6. The van der Waals surface area contributed by atoms with Crippen LogP contribution in [-0.2, 0) is 16.0 Å². The van der Waals surface area contributed by atoms with E-state index in [1.54, 1.807) is 12.1 Å². The van der Waals surface area contributed by atoms with Crippen LogP contribution in [-0.4, -0.2) is 18.7 Å². The van der Waals surface area contributed by atoms with Gasteiger partial charge in [-0.2, -0.15) is 0 Å². The molecule has 0 unspecified atom stereocenters. The normalized spacial score (nSPS) is 10.6. The molecule has 0 amide bonds. The molecule has 0 heterocycles. The van der Waals surface area contributed by atoms with Crippen molar-refractivity contribution in [3.05, 3.63) is 34.2 Å². The third kappa shape index (κ3) is 4.82. The van der Waals surface area contributed by atoms with Gasteiger partial charge < -0.3 is 9.47 Å². The molecule has 0 radical (unpaired) electrons. The largest absolute Gasteiger partial charge is 0.496 e. The van der Waals surface area contributed by atoms with Crippen LogP contribution in [0.2, 0.25) is 0 Å². The van der Waals surface area contributed by atoms with Gasteiger partial charge in [0, 0.05) is 11.3 Å². The van der Waals surface area contributed by atoms with E-state index in [2.05, 4.69) is 10.0 Å². The molecule has 0 aliphatic heterocycles. The van der Waals surface area contributed by atoms with Crippen LogP contribution in [0.25, 0.3) is 10.4 Å². The number of esters is 1. The highest BCUT2D eigenvalue weighted by molar-refractivity contribution is 5.70. The number of benzene rings is 1. The summed E-state index contributed by atoms with van der Waals surface area (Å²) in [5.41, 5.74) is 9.24. The number of methoxy groups -OCH3 is 1. The van der Waals surface area contributed by atoms with E-state index in [0.29, 0.717) is 17.9 Å². The third-order valence-corrected chi connectivity index (χ3v) is 2.45. The van der Waals surface area contributed by atoms with Crippen molar-refractivity contribution >= 4 is 11.7 Å². The number of azide groups is 1. The van der Waals surface area contributed by atoms with Crippen LogP contribution in [0.3, 0.4) is 0 Å². The zero-order valence-electron chi connectivity index (χ0n) is 12.2. The van der Waals surface area contributed by atoms with Crippen molar-refractivity contribution in [3.8, 4) is 5.75 Å². The molecule has 0 spiro atoms. The predicted octanol–water partition coefficient (Wildman–Crippen LogP) is 3.91. The van der Waals surface area contributed by atoms with E-state index in [-0.39, 0.29) is 12.4 Å². The lowest BCUT2D eigenvalue weighted by Crippen LogP contribution is -2.24. The molecular weight excluding hydrogens is 258 g/mol. The van der Waals surface area contributed by atoms with E-state index in [1.165, 1.54) is 7.11 Å². The molecule has 6 heteroatoms. The van der Waals surface area contributed by atoms with Crippen molar-refractivity contribution in [1.29, 1.82) is 0 Å². The lowest BCUT2D eigenvalue weighted by molar-refractivity contribution is -0.154. The Morgan fingerprint density at radius 3 is 2.65 bits per heavy atom. The average molecular weight is 277 g/mol. The van der Waals surface area contributed by atoms with Gasteiger partial charge in [-0.05, 0) is 44.4 Å². The van der Waals surface area contributed by atoms with Gasteiger partial charge >= 0.3 is 5.97 Å². The van der Waals surface area contributed by atoms with E-state index in [4.69, 9.17) is 15.0 Å². The lowest BCUT2D eigenvalue weighted by Gasteiger charge is -2.19. The minimum absolute atomic E-state index is 0.243. The first-order valence-electron chi connectivity index (χ1n) is 6.30. The number of carbonyl (C=O) groups excluding carboxylic acids is 1. The van der Waals surface area contributed by atoms with Gasteiger partial charge in [-0.1, -0.05) is 17.2 Å². The fourth-order valence-corrected chi connectivity index (χ4v) is 1.76. The molecular formula is C14H19N3O3. The first-order valence-corrected chi connectivity index (χ1v) is 6.30. The first-order chi connectivity index (χ1) is 9.37. The number of nitrogens with zero attached hydrogens (tertiary/aromatic N) is 3. The van der Waals surface area contributed by atoms with Gasteiger partial charge in [-0.25, -0.2) is 0 Å².